The van der Waals surface area contributed by atoms with Crippen molar-refractivity contribution in [2.45, 2.75) is 32.6 Å². The summed E-state index contributed by atoms with van der Waals surface area (Å²) in [4.78, 5) is 11.5. The Morgan fingerprint density at radius 3 is 3.14 bits per heavy atom. The van der Waals surface area contributed by atoms with Crippen molar-refractivity contribution in [1.82, 2.24) is 10.2 Å². The second kappa shape index (κ2) is 3.82. The first-order chi connectivity index (χ1) is 6.83. The fourth-order valence-corrected chi connectivity index (χ4v) is 1.87. The summed E-state index contributed by atoms with van der Waals surface area (Å²) in [6.07, 6.45) is 3.88. The average molecular weight is 193 g/mol. The highest BCUT2D eigenvalue weighted by Crippen LogP contribution is 2.21. The number of hydrogen-bond acceptors (Lipinski definition) is 3. The highest BCUT2D eigenvalue weighted by molar-refractivity contribution is 5.55. The summed E-state index contributed by atoms with van der Waals surface area (Å²) in [5, 5.41) is 9.92. The molecule has 0 fully saturated rings. The molecule has 0 saturated carbocycles. The highest BCUT2D eigenvalue weighted by atomic mass is 16.1. The van der Waals surface area contributed by atoms with E-state index in [1.165, 1.54) is 0 Å². The van der Waals surface area contributed by atoms with Crippen LogP contribution in [0.1, 0.15) is 31.0 Å². The Hall–Kier alpha value is -1.32. The van der Waals surface area contributed by atoms with Gasteiger partial charge in [-0.15, -0.1) is 0 Å². The molecule has 0 saturated heterocycles. The minimum atomic E-state index is -0.0351. The van der Waals surface area contributed by atoms with Crippen molar-refractivity contribution >= 4 is 5.69 Å². The number of anilines is 1. The van der Waals surface area contributed by atoms with Crippen LogP contribution in [0.15, 0.2) is 4.79 Å². The van der Waals surface area contributed by atoms with Gasteiger partial charge in [0.25, 0.3) is 5.56 Å². The highest BCUT2D eigenvalue weighted by Gasteiger charge is 2.16. The zero-order valence-corrected chi connectivity index (χ0v) is 8.39. The molecule has 0 unspecified atom stereocenters. The second-order valence-electron chi connectivity index (χ2n) is 3.63. The average Bonchev–Trinajstić information content (AvgIpc) is 2.23. The van der Waals surface area contributed by atoms with Crippen molar-refractivity contribution in [1.29, 1.82) is 0 Å². The number of rotatable bonds is 2. The quantitative estimate of drug-likeness (QED) is 0.739. The smallest absolute Gasteiger partial charge is 0.269 e. The molecular weight excluding hydrogens is 178 g/mol. The third-order valence-corrected chi connectivity index (χ3v) is 2.55. The maximum absolute atomic E-state index is 11.5. The Morgan fingerprint density at radius 2 is 2.36 bits per heavy atom. The molecule has 0 bridgehead atoms. The largest absolute Gasteiger partial charge is 0.383 e. The van der Waals surface area contributed by atoms with Gasteiger partial charge in [-0.1, -0.05) is 13.3 Å². The van der Waals surface area contributed by atoms with E-state index in [1.54, 1.807) is 0 Å². The molecule has 4 heteroatoms. The summed E-state index contributed by atoms with van der Waals surface area (Å²) >= 11 is 0. The Kier molecular flexibility index (Phi) is 2.52. The second-order valence-corrected chi connectivity index (χ2v) is 3.63. The fraction of sp³-hybridized carbons (Fsp3) is 0.600. The molecule has 14 heavy (non-hydrogen) atoms. The van der Waals surface area contributed by atoms with Gasteiger partial charge in [-0.05, 0) is 19.3 Å². The molecule has 2 N–H and O–H groups in total. The molecule has 0 aromatic carbocycles. The first-order valence-electron chi connectivity index (χ1n) is 5.17. The van der Waals surface area contributed by atoms with Gasteiger partial charge in [0.1, 0.15) is 0 Å². The van der Waals surface area contributed by atoms with Gasteiger partial charge in [0.05, 0.1) is 11.4 Å². The predicted octanol–water partition coefficient (Wildman–Crippen LogP) is 1.08. The number of nitrogens with zero attached hydrogens (tertiary/aromatic N) is 1. The number of H-pyrrole nitrogens is 1. The van der Waals surface area contributed by atoms with E-state index < -0.39 is 0 Å². The normalized spacial score (nSPS) is 14.6. The molecule has 4 nitrogen and oxygen atoms in total. The SMILES string of the molecule is CCCc1n[nH]c(=O)c2c1NCCC2. The lowest BCUT2D eigenvalue weighted by Crippen LogP contribution is -2.25. The topological polar surface area (TPSA) is 57.8 Å². The van der Waals surface area contributed by atoms with Crippen molar-refractivity contribution in [3.8, 4) is 0 Å². The molecule has 0 radical (unpaired) electrons. The zero-order chi connectivity index (χ0) is 9.97. The Labute approximate surface area is 82.7 Å². The van der Waals surface area contributed by atoms with Crippen LogP contribution in [0.25, 0.3) is 0 Å². The van der Waals surface area contributed by atoms with Crippen LogP contribution in [0.3, 0.4) is 0 Å². The third-order valence-electron chi connectivity index (χ3n) is 2.55. The molecule has 0 atom stereocenters. The molecule has 2 heterocycles. The lowest BCUT2D eigenvalue weighted by atomic mass is 10.0. The monoisotopic (exact) mass is 193 g/mol. The number of nitrogens with one attached hydrogen (secondary N) is 2. The predicted molar refractivity (Wildman–Crippen MR) is 55.7 cm³/mol. The first kappa shape index (κ1) is 9.24. The van der Waals surface area contributed by atoms with Gasteiger partial charge in [-0.3, -0.25) is 4.79 Å². The van der Waals surface area contributed by atoms with Gasteiger partial charge < -0.3 is 5.32 Å². The molecule has 1 aliphatic heterocycles. The number of aromatic nitrogens is 2. The fourth-order valence-electron chi connectivity index (χ4n) is 1.87. The Morgan fingerprint density at radius 1 is 1.50 bits per heavy atom. The van der Waals surface area contributed by atoms with Crippen LogP contribution in [0.2, 0.25) is 0 Å². The van der Waals surface area contributed by atoms with Crippen molar-refractivity contribution in [3.63, 3.8) is 0 Å². The summed E-state index contributed by atoms with van der Waals surface area (Å²) < 4.78 is 0. The van der Waals surface area contributed by atoms with Crippen LogP contribution >= 0.6 is 0 Å². The summed E-state index contributed by atoms with van der Waals surface area (Å²) in [7, 11) is 0. The maximum Gasteiger partial charge on any atom is 0.269 e. The van der Waals surface area contributed by atoms with Gasteiger partial charge in [0, 0.05) is 12.1 Å². The van der Waals surface area contributed by atoms with Crippen LogP contribution in [0.5, 0.6) is 0 Å². The van der Waals surface area contributed by atoms with Crippen LogP contribution in [0.4, 0.5) is 5.69 Å². The van der Waals surface area contributed by atoms with E-state index in [9.17, 15) is 4.79 Å². The molecule has 0 aliphatic carbocycles. The molecule has 1 aliphatic rings. The van der Waals surface area contributed by atoms with Crippen LogP contribution in [-0.2, 0) is 12.8 Å². The minimum absolute atomic E-state index is 0.0351. The maximum atomic E-state index is 11.5. The molecule has 0 amide bonds. The van der Waals surface area contributed by atoms with Crippen LogP contribution in [0, 0.1) is 0 Å². The first-order valence-corrected chi connectivity index (χ1v) is 5.17. The lowest BCUT2D eigenvalue weighted by Gasteiger charge is -2.18. The van der Waals surface area contributed by atoms with E-state index in [1.807, 2.05) is 0 Å². The molecule has 1 aromatic heterocycles. The number of aryl methyl sites for hydroxylation is 1. The van der Waals surface area contributed by atoms with Crippen molar-refractivity contribution in [3.05, 3.63) is 21.6 Å². The van der Waals surface area contributed by atoms with Crippen LogP contribution in [-0.4, -0.2) is 16.7 Å². The van der Waals surface area contributed by atoms with E-state index in [-0.39, 0.29) is 5.56 Å². The zero-order valence-electron chi connectivity index (χ0n) is 8.39. The van der Waals surface area contributed by atoms with Gasteiger partial charge in [-0.25, -0.2) is 5.10 Å². The van der Waals surface area contributed by atoms with Crippen LogP contribution < -0.4 is 10.9 Å². The van der Waals surface area contributed by atoms with E-state index in [2.05, 4.69) is 22.4 Å². The molecule has 0 spiro atoms. The van der Waals surface area contributed by atoms with Gasteiger partial charge in [0.15, 0.2) is 0 Å². The standard InChI is InChI=1S/C10H15N3O/c1-2-4-8-9-7(5-3-6-11-9)10(14)13-12-8/h11H,2-6H2,1H3,(H,13,14). The third kappa shape index (κ3) is 1.52. The van der Waals surface area contributed by atoms with Crippen molar-refractivity contribution in [2.75, 3.05) is 11.9 Å². The molecular formula is C10H15N3O. The lowest BCUT2D eigenvalue weighted by molar-refractivity contribution is 0.760. The molecule has 76 valence electrons. The van der Waals surface area contributed by atoms with E-state index in [0.717, 1.165) is 49.2 Å². The van der Waals surface area contributed by atoms with Crippen molar-refractivity contribution in [2.24, 2.45) is 0 Å². The number of hydrogen-bond donors (Lipinski definition) is 2. The van der Waals surface area contributed by atoms with Crippen molar-refractivity contribution < 1.29 is 0 Å². The summed E-state index contributed by atoms with van der Waals surface area (Å²) in [6, 6.07) is 0. The number of aromatic amines is 1. The number of fused-ring (bicyclic) bond motifs is 1. The van der Waals surface area contributed by atoms with E-state index in [0.29, 0.717) is 0 Å². The van der Waals surface area contributed by atoms with E-state index in [4.69, 9.17) is 0 Å². The minimum Gasteiger partial charge on any atom is -0.383 e. The van der Waals surface area contributed by atoms with Gasteiger partial charge in [0.2, 0.25) is 0 Å². The van der Waals surface area contributed by atoms with Gasteiger partial charge >= 0.3 is 0 Å². The molecule has 2 rings (SSSR count). The molecule has 1 aromatic rings. The summed E-state index contributed by atoms with van der Waals surface area (Å²) in [5.74, 6) is 0. The Bertz CT molecular complexity index is 383. The van der Waals surface area contributed by atoms with E-state index >= 15 is 0 Å². The summed E-state index contributed by atoms with van der Waals surface area (Å²) in [6.45, 7) is 3.07. The summed E-state index contributed by atoms with van der Waals surface area (Å²) in [5.41, 5.74) is 2.84. The Balaban J connectivity index is 2.48. The van der Waals surface area contributed by atoms with Gasteiger partial charge in [-0.2, -0.15) is 5.10 Å².